The van der Waals surface area contributed by atoms with Crippen LogP contribution in [0.15, 0.2) is 205 Å². The molecule has 0 aliphatic heterocycles. The molecule has 0 saturated carbocycles. The lowest BCUT2D eigenvalue weighted by atomic mass is 9.79. The summed E-state index contributed by atoms with van der Waals surface area (Å²) >= 11 is 0. The minimum absolute atomic E-state index is 0.102. The largest absolute Gasteiger partial charge is 0.300 e. The van der Waals surface area contributed by atoms with Crippen molar-refractivity contribution in [2.75, 3.05) is 0 Å². The molecule has 9 aromatic rings. The van der Waals surface area contributed by atoms with Gasteiger partial charge in [0.05, 0.1) is 11.4 Å². The van der Waals surface area contributed by atoms with Crippen LogP contribution < -0.4 is 0 Å². The minimum atomic E-state index is -0.102. The average Bonchev–Trinajstić information content (AvgIpc) is 3.53. The van der Waals surface area contributed by atoms with Gasteiger partial charge in [-0.3, -0.25) is 9.98 Å². The third kappa shape index (κ3) is 6.57. The van der Waals surface area contributed by atoms with Crippen molar-refractivity contribution in [1.82, 2.24) is 4.98 Å². The zero-order chi connectivity index (χ0) is 39.9. The van der Waals surface area contributed by atoms with Crippen LogP contribution in [-0.4, -0.2) is 16.9 Å². The Morgan fingerprint density at radius 3 is 2.00 bits per heavy atom. The van der Waals surface area contributed by atoms with Gasteiger partial charge in [-0.2, -0.15) is 0 Å². The van der Waals surface area contributed by atoms with Gasteiger partial charge in [-0.25, -0.2) is 0 Å². The molecule has 1 heterocycles. The first-order valence-electron chi connectivity index (χ1n) is 20.1. The Morgan fingerprint density at radius 2 is 1.19 bits per heavy atom. The predicted octanol–water partition coefficient (Wildman–Crippen LogP) is 14.2. The molecule has 3 heteroatoms. The Kier molecular flexibility index (Phi) is 8.99. The molecule has 59 heavy (non-hydrogen) atoms. The molecular formula is C56H41N3. The van der Waals surface area contributed by atoms with Crippen molar-refractivity contribution in [3.05, 3.63) is 228 Å². The first-order valence-corrected chi connectivity index (χ1v) is 20.1. The lowest BCUT2D eigenvalue weighted by Gasteiger charge is -2.23. The zero-order valence-electron chi connectivity index (χ0n) is 33.0. The fourth-order valence-electron chi connectivity index (χ4n) is 8.87. The predicted molar refractivity (Wildman–Crippen MR) is 248 cm³/mol. The molecule has 280 valence electrons. The van der Waals surface area contributed by atoms with E-state index in [2.05, 4.69) is 158 Å². The number of benzene rings is 8. The third-order valence-corrected chi connectivity index (χ3v) is 11.9. The standard InChI is InChI=1S/C56H41N3/c1-56(2)52-33-42(26-29-50(52)51-30-25-38-12-6-7-19-48(38)55(51)56)37-21-23-39(24-22-37)47-28-27-45(46-18-8-9-20-49(46)47)36-59-54(34-53(57)40-13-4-3-5-14-40)43-16-10-15-41(32-43)44-17-11-31-58-35-44/h3-36,57H,1-2H3/b54-34-,57-53?,59-36?. The van der Waals surface area contributed by atoms with Gasteiger partial charge < -0.3 is 5.41 Å². The topological polar surface area (TPSA) is 49.1 Å². The maximum atomic E-state index is 8.98. The maximum Gasteiger partial charge on any atom is 0.0723 e. The highest BCUT2D eigenvalue weighted by molar-refractivity contribution is 6.12. The highest BCUT2D eigenvalue weighted by atomic mass is 14.7. The van der Waals surface area contributed by atoms with Gasteiger partial charge >= 0.3 is 0 Å². The Morgan fingerprint density at radius 1 is 0.525 bits per heavy atom. The van der Waals surface area contributed by atoms with Crippen LogP contribution >= 0.6 is 0 Å². The van der Waals surface area contributed by atoms with Crippen LogP contribution in [0.25, 0.3) is 71.7 Å². The van der Waals surface area contributed by atoms with Gasteiger partial charge in [-0.1, -0.05) is 178 Å². The van der Waals surface area contributed by atoms with Crippen LogP contribution in [0.1, 0.15) is 41.7 Å². The first-order chi connectivity index (χ1) is 28.9. The number of hydrogen-bond donors (Lipinski definition) is 1. The summed E-state index contributed by atoms with van der Waals surface area (Å²) in [6, 6.07) is 64.3. The third-order valence-electron chi connectivity index (χ3n) is 11.9. The average molecular weight is 756 g/mol. The van der Waals surface area contributed by atoms with Gasteiger partial charge in [0.15, 0.2) is 0 Å². The second-order valence-electron chi connectivity index (χ2n) is 15.8. The Labute approximate surface area is 345 Å². The molecule has 1 aliphatic rings. The van der Waals surface area contributed by atoms with E-state index in [0.29, 0.717) is 11.4 Å². The minimum Gasteiger partial charge on any atom is -0.300 e. The SMILES string of the molecule is CC1(C)c2cc(-c3ccc(-c4ccc(C=N/C(=C\C(=N)c5ccccc5)c5cccc(-c6cccnc6)c5)c5ccccc45)cc3)ccc2-c2ccc3ccccc3c21. The molecule has 0 spiro atoms. The summed E-state index contributed by atoms with van der Waals surface area (Å²) in [5.41, 5.74) is 16.1. The van der Waals surface area contributed by atoms with Gasteiger partial charge in [-0.05, 0) is 101 Å². The summed E-state index contributed by atoms with van der Waals surface area (Å²) in [6.45, 7) is 4.73. The van der Waals surface area contributed by atoms with Gasteiger partial charge in [0, 0.05) is 40.7 Å². The smallest absolute Gasteiger partial charge is 0.0723 e. The van der Waals surface area contributed by atoms with E-state index in [-0.39, 0.29) is 5.41 Å². The zero-order valence-corrected chi connectivity index (χ0v) is 33.0. The Bertz CT molecular complexity index is 3120. The maximum absolute atomic E-state index is 8.98. The fraction of sp³-hybridized carbons (Fsp3) is 0.0536. The highest BCUT2D eigenvalue weighted by Crippen LogP contribution is 2.52. The van der Waals surface area contributed by atoms with Crippen molar-refractivity contribution < 1.29 is 0 Å². The van der Waals surface area contributed by atoms with Crippen LogP contribution in [0.2, 0.25) is 0 Å². The number of rotatable bonds is 8. The molecule has 1 aromatic heterocycles. The molecule has 0 bridgehead atoms. The molecule has 3 nitrogen and oxygen atoms in total. The van der Waals surface area contributed by atoms with Crippen LogP contribution in [0.3, 0.4) is 0 Å². The molecule has 0 amide bonds. The summed E-state index contributed by atoms with van der Waals surface area (Å²) in [5, 5.41) is 13.9. The molecule has 0 saturated heterocycles. The number of aliphatic imine (C=N–C) groups is 1. The fourth-order valence-corrected chi connectivity index (χ4v) is 8.87. The lowest BCUT2D eigenvalue weighted by molar-refractivity contribution is 0.666. The van der Waals surface area contributed by atoms with Crippen LogP contribution in [-0.2, 0) is 5.41 Å². The molecule has 0 unspecified atom stereocenters. The summed E-state index contributed by atoms with van der Waals surface area (Å²) < 4.78 is 0. The van der Waals surface area contributed by atoms with Gasteiger partial charge in [0.25, 0.3) is 0 Å². The Hall–Kier alpha value is -7.49. The summed E-state index contributed by atoms with van der Waals surface area (Å²) in [4.78, 5) is 9.43. The molecular weight excluding hydrogens is 715 g/mol. The van der Waals surface area contributed by atoms with E-state index in [1.807, 2.05) is 61.0 Å². The van der Waals surface area contributed by atoms with E-state index >= 15 is 0 Å². The molecule has 10 rings (SSSR count). The number of allylic oxidation sites excluding steroid dienone is 1. The van der Waals surface area contributed by atoms with Crippen molar-refractivity contribution in [3.8, 4) is 44.5 Å². The highest BCUT2D eigenvalue weighted by Gasteiger charge is 2.37. The van der Waals surface area contributed by atoms with E-state index in [4.69, 9.17) is 10.4 Å². The number of pyridine rings is 1. The van der Waals surface area contributed by atoms with Crippen molar-refractivity contribution in [2.24, 2.45) is 4.99 Å². The molecule has 1 aliphatic carbocycles. The number of nitrogens with zero attached hydrogens (tertiary/aromatic N) is 2. The van der Waals surface area contributed by atoms with E-state index in [1.54, 1.807) is 6.20 Å². The van der Waals surface area contributed by atoms with E-state index in [0.717, 1.165) is 44.2 Å². The van der Waals surface area contributed by atoms with Crippen molar-refractivity contribution in [2.45, 2.75) is 19.3 Å². The summed E-state index contributed by atoms with van der Waals surface area (Å²) in [5.74, 6) is 0. The quantitative estimate of drug-likeness (QED) is 0.154. The van der Waals surface area contributed by atoms with E-state index in [9.17, 15) is 0 Å². The number of fused-ring (bicyclic) bond motifs is 6. The van der Waals surface area contributed by atoms with E-state index < -0.39 is 0 Å². The summed E-state index contributed by atoms with van der Waals surface area (Å²) in [6.07, 6.45) is 7.44. The molecule has 0 atom stereocenters. The van der Waals surface area contributed by atoms with Gasteiger partial charge in [-0.15, -0.1) is 0 Å². The Balaban J connectivity index is 0.977. The van der Waals surface area contributed by atoms with E-state index in [1.165, 1.54) is 49.7 Å². The number of nitrogens with one attached hydrogen (secondary N) is 1. The van der Waals surface area contributed by atoms with Crippen LogP contribution in [0, 0.1) is 5.41 Å². The first kappa shape index (κ1) is 35.9. The normalized spacial score (nSPS) is 13.2. The molecule has 8 aromatic carbocycles. The molecule has 0 fully saturated rings. The number of hydrogen-bond acceptors (Lipinski definition) is 3. The number of aromatic nitrogens is 1. The lowest BCUT2D eigenvalue weighted by Crippen LogP contribution is -2.15. The summed E-state index contributed by atoms with van der Waals surface area (Å²) in [7, 11) is 0. The van der Waals surface area contributed by atoms with Crippen molar-refractivity contribution >= 4 is 39.2 Å². The van der Waals surface area contributed by atoms with Gasteiger partial charge in [0.2, 0.25) is 0 Å². The van der Waals surface area contributed by atoms with Crippen LogP contribution in [0.5, 0.6) is 0 Å². The van der Waals surface area contributed by atoms with Crippen molar-refractivity contribution in [3.63, 3.8) is 0 Å². The van der Waals surface area contributed by atoms with Crippen LogP contribution in [0.4, 0.5) is 0 Å². The molecule has 1 N–H and O–H groups in total. The van der Waals surface area contributed by atoms with Gasteiger partial charge in [0.1, 0.15) is 0 Å². The second kappa shape index (κ2) is 14.8. The van der Waals surface area contributed by atoms with Crippen molar-refractivity contribution in [1.29, 1.82) is 5.41 Å². The second-order valence-corrected chi connectivity index (χ2v) is 15.8. The monoisotopic (exact) mass is 755 g/mol. The molecule has 0 radical (unpaired) electrons.